The van der Waals surface area contributed by atoms with Crippen LogP contribution in [0.15, 0.2) is 47.6 Å². The van der Waals surface area contributed by atoms with Crippen LogP contribution in [0.4, 0.5) is 4.39 Å². The zero-order valence-electron chi connectivity index (χ0n) is 11.6. The van der Waals surface area contributed by atoms with Crippen molar-refractivity contribution in [3.63, 3.8) is 0 Å². The summed E-state index contributed by atoms with van der Waals surface area (Å²) in [5.74, 6) is 0.479. The summed E-state index contributed by atoms with van der Waals surface area (Å²) in [4.78, 5) is 12.0. The number of hydrazone groups is 1. The number of nitrogens with zero attached hydrogens (tertiary/aromatic N) is 1. The van der Waals surface area contributed by atoms with Gasteiger partial charge < -0.3 is 9.47 Å². The fourth-order valence-electron chi connectivity index (χ4n) is 1.96. The van der Waals surface area contributed by atoms with E-state index in [1.54, 1.807) is 30.3 Å². The molecule has 1 aliphatic heterocycles. The molecular weight excluding hydrogens is 287 g/mol. The van der Waals surface area contributed by atoms with Gasteiger partial charge in [0.1, 0.15) is 19.0 Å². The molecule has 0 saturated heterocycles. The summed E-state index contributed by atoms with van der Waals surface area (Å²) in [5.41, 5.74) is 3.51. The Morgan fingerprint density at radius 3 is 2.59 bits per heavy atom. The van der Waals surface area contributed by atoms with Gasteiger partial charge in [-0.15, -0.1) is 0 Å². The molecule has 6 heteroatoms. The molecule has 1 heterocycles. The van der Waals surface area contributed by atoms with Crippen LogP contribution in [0.2, 0.25) is 0 Å². The van der Waals surface area contributed by atoms with Gasteiger partial charge >= 0.3 is 0 Å². The van der Waals surface area contributed by atoms with E-state index in [4.69, 9.17) is 9.47 Å². The number of carbonyl (C=O) groups excluding carboxylic acids is 1. The Kier molecular flexibility index (Phi) is 4.00. The van der Waals surface area contributed by atoms with Crippen molar-refractivity contribution in [2.45, 2.75) is 0 Å². The van der Waals surface area contributed by atoms with Gasteiger partial charge in [0.25, 0.3) is 5.91 Å². The number of hydrogen-bond donors (Lipinski definition) is 1. The number of carbonyl (C=O) groups is 1. The Bertz CT molecular complexity index is 714. The molecule has 5 nitrogen and oxygen atoms in total. The maximum absolute atomic E-state index is 12.8. The van der Waals surface area contributed by atoms with E-state index in [0.29, 0.717) is 35.8 Å². The van der Waals surface area contributed by atoms with Gasteiger partial charge in [-0.25, -0.2) is 9.82 Å². The molecule has 0 spiro atoms. The highest BCUT2D eigenvalue weighted by atomic mass is 19.1. The van der Waals surface area contributed by atoms with Crippen molar-refractivity contribution >= 4 is 12.1 Å². The molecule has 0 bridgehead atoms. The average Bonchev–Trinajstić information content (AvgIpc) is 2.56. The lowest BCUT2D eigenvalue weighted by molar-refractivity contribution is 0.0954. The summed E-state index contributed by atoms with van der Waals surface area (Å²) < 4.78 is 23.6. The summed E-state index contributed by atoms with van der Waals surface area (Å²) in [6.07, 6.45) is 1.44. The van der Waals surface area contributed by atoms with Gasteiger partial charge in [0.15, 0.2) is 11.5 Å². The van der Waals surface area contributed by atoms with E-state index < -0.39 is 0 Å². The molecule has 0 fully saturated rings. The summed E-state index contributed by atoms with van der Waals surface area (Å²) in [7, 11) is 0. The Labute approximate surface area is 126 Å². The number of ether oxygens (including phenoxy) is 2. The molecule has 1 amide bonds. The summed E-state index contributed by atoms with van der Waals surface area (Å²) in [6, 6.07) is 10.7. The monoisotopic (exact) mass is 300 g/mol. The molecule has 2 aromatic rings. The minimum Gasteiger partial charge on any atom is -0.486 e. The SMILES string of the molecule is O=C(N/N=C/c1ccc(F)cc1)c1ccc2c(c1)OCCO2. The van der Waals surface area contributed by atoms with Gasteiger partial charge in [-0.2, -0.15) is 5.10 Å². The molecule has 0 aliphatic carbocycles. The van der Waals surface area contributed by atoms with E-state index in [9.17, 15) is 9.18 Å². The van der Waals surface area contributed by atoms with Gasteiger partial charge in [0, 0.05) is 5.56 Å². The largest absolute Gasteiger partial charge is 0.486 e. The number of rotatable bonds is 3. The zero-order chi connectivity index (χ0) is 15.4. The highest BCUT2D eigenvalue weighted by molar-refractivity contribution is 5.95. The number of hydrogen-bond acceptors (Lipinski definition) is 4. The van der Waals surface area contributed by atoms with Crippen LogP contribution < -0.4 is 14.9 Å². The molecule has 1 aliphatic rings. The molecule has 0 aromatic heterocycles. The third kappa shape index (κ3) is 3.22. The van der Waals surface area contributed by atoms with Crippen molar-refractivity contribution in [3.05, 3.63) is 59.4 Å². The highest BCUT2D eigenvalue weighted by Gasteiger charge is 2.14. The standard InChI is InChI=1S/C16H13FN2O3/c17-13-4-1-11(2-5-13)10-18-19-16(20)12-3-6-14-15(9-12)22-8-7-21-14/h1-6,9-10H,7-8H2,(H,19,20)/b18-10+. The minimum atomic E-state index is -0.365. The second kappa shape index (κ2) is 6.26. The molecule has 0 radical (unpaired) electrons. The van der Waals surface area contributed by atoms with E-state index >= 15 is 0 Å². The van der Waals surface area contributed by atoms with Gasteiger partial charge in [0.05, 0.1) is 6.21 Å². The lowest BCUT2D eigenvalue weighted by Crippen LogP contribution is -2.19. The van der Waals surface area contributed by atoms with Crippen LogP contribution in [0.1, 0.15) is 15.9 Å². The van der Waals surface area contributed by atoms with Gasteiger partial charge in [-0.1, -0.05) is 12.1 Å². The molecule has 3 rings (SSSR count). The molecule has 0 atom stereocenters. The first-order valence-corrected chi connectivity index (χ1v) is 6.71. The molecule has 112 valence electrons. The van der Waals surface area contributed by atoms with E-state index in [0.717, 1.165) is 0 Å². The van der Waals surface area contributed by atoms with Crippen LogP contribution in [-0.4, -0.2) is 25.3 Å². The average molecular weight is 300 g/mol. The molecule has 0 saturated carbocycles. The predicted octanol–water partition coefficient (Wildman–Crippen LogP) is 2.36. The Morgan fingerprint density at radius 1 is 1.09 bits per heavy atom. The zero-order valence-corrected chi connectivity index (χ0v) is 11.6. The van der Waals surface area contributed by atoms with Crippen LogP contribution >= 0.6 is 0 Å². The number of benzene rings is 2. The van der Waals surface area contributed by atoms with Gasteiger partial charge in [0.2, 0.25) is 0 Å². The van der Waals surface area contributed by atoms with Crippen molar-refractivity contribution in [1.29, 1.82) is 0 Å². The van der Waals surface area contributed by atoms with Crippen molar-refractivity contribution in [3.8, 4) is 11.5 Å². The third-order valence-electron chi connectivity index (χ3n) is 3.05. The normalized spacial score (nSPS) is 13.1. The lowest BCUT2D eigenvalue weighted by Gasteiger charge is -2.18. The van der Waals surface area contributed by atoms with E-state index in [1.165, 1.54) is 18.3 Å². The molecule has 22 heavy (non-hydrogen) atoms. The smallest absolute Gasteiger partial charge is 0.271 e. The number of fused-ring (bicyclic) bond motifs is 1. The third-order valence-corrected chi connectivity index (χ3v) is 3.05. The molecular formula is C16H13FN2O3. The second-order valence-electron chi connectivity index (χ2n) is 4.61. The fraction of sp³-hybridized carbons (Fsp3) is 0.125. The fourth-order valence-corrected chi connectivity index (χ4v) is 1.96. The maximum Gasteiger partial charge on any atom is 0.271 e. The first-order valence-electron chi connectivity index (χ1n) is 6.71. The lowest BCUT2D eigenvalue weighted by atomic mass is 10.2. The van der Waals surface area contributed by atoms with Crippen molar-refractivity contribution in [2.24, 2.45) is 5.10 Å². The van der Waals surface area contributed by atoms with Crippen LogP contribution in [0, 0.1) is 5.82 Å². The topological polar surface area (TPSA) is 59.9 Å². The summed E-state index contributed by atoms with van der Waals surface area (Å²) in [6.45, 7) is 0.960. The van der Waals surface area contributed by atoms with Crippen molar-refractivity contribution in [1.82, 2.24) is 5.43 Å². The Hall–Kier alpha value is -2.89. The molecule has 0 unspecified atom stereocenters. The number of nitrogens with one attached hydrogen (secondary N) is 1. The maximum atomic E-state index is 12.8. The molecule has 2 aromatic carbocycles. The first kappa shape index (κ1) is 14.1. The number of halogens is 1. The molecule has 1 N–H and O–H groups in total. The van der Waals surface area contributed by atoms with E-state index in [-0.39, 0.29) is 11.7 Å². The van der Waals surface area contributed by atoms with Crippen LogP contribution in [0.25, 0.3) is 0 Å². The first-order chi connectivity index (χ1) is 10.7. The quantitative estimate of drug-likeness (QED) is 0.699. The summed E-state index contributed by atoms with van der Waals surface area (Å²) >= 11 is 0. The minimum absolute atomic E-state index is 0.322. The highest BCUT2D eigenvalue weighted by Crippen LogP contribution is 2.30. The van der Waals surface area contributed by atoms with E-state index in [2.05, 4.69) is 10.5 Å². The van der Waals surface area contributed by atoms with E-state index in [1.807, 2.05) is 0 Å². The Balaban J connectivity index is 1.65. The van der Waals surface area contributed by atoms with Gasteiger partial charge in [-0.3, -0.25) is 4.79 Å². The van der Waals surface area contributed by atoms with Crippen molar-refractivity contribution in [2.75, 3.05) is 13.2 Å². The number of amides is 1. The Morgan fingerprint density at radius 2 is 1.82 bits per heavy atom. The van der Waals surface area contributed by atoms with Crippen LogP contribution in [0.3, 0.4) is 0 Å². The second-order valence-corrected chi connectivity index (χ2v) is 4.61. The summed E-state index contributed by atoms with van der Waals surface area (Å²) in [5, 5.41) is 3.84. The van der Waals surface area contributed by atoms with Gasteiger partial charge in [-0.05, 0) is 35.9 Å². The van der Waals surface area contributed by atoms with Crippen LogP contribution in [0.5, 0.6) is 11.5 Å². The van der Waals surface area contributed by atoms with Crippen LogP contribution in [-0.2, 0) is 0 Å². The van der Waals surface area contributed by atoms with Crippen molar-refractivity contribution < 1.29 is 18.7 Å². The predicted molar refractivity (Wildman–Crippen MR) is 78.9 cm³/mol.